The van der Waals surface area contributed by atoms with Gasteiger partial charge in [0.1, 0.15) is 5.82 Å². The van der Waals surface area contributed by atoms with Gasteiger partial charge in [0, 0.05) is 28.3 Å². The molecular weight excluding hydrogens is 351 g/mol. The van der Waals surface area contributed by atoms with Gasteiger partial charge in [0.15, 0.2) is 0 Å². The molecule has 1 aromatic carbocycles. The lowest BCUT2D eigenvalue weighted by atomic mass is 10.2. The minimum absolute atomic E-state index is 0.163. The van der Waals surface area contributed by atoms with E-state index in [2.05, 4.69) is 34.2 Å². The lowest BCUT2D eigenvalue weighted by molar-refractivity contribution is 0.614. The molecule has 21 heavy (non-hydrogen) atoms. The Morgan fingerprint density at radius 2 is 2.14 bits per heavy atom. The van der Waals surface area contributed by atoms with E-state index in [0.29, 0.717) is 18.8 Å². The molecule has 0 atom stereocenters. The summed E-state index contributed by atoms with van der Waals surface area (Å²) in [6.45, 7) is 4.50. The molecule has 1 N–H and O–H groups in total. The third-order valence-electron chi connectivity index (χ3n) is 3.19. The molecule has 0 aliphatic heterocycles. The fourth-order valence-electron chi connectivity index (χ4n) is 2.14. The zero-order valence-corrected chi connectivity index (χ0v) is 14.7. The van der Waals surface area contributed by atoms with E-state index in [0.717, 1.165) is 23.0 Å². The van der Waals surface area contributed by atoms with Gasteiger partial charge >= 0.3 is 0 Å². The Bertz CT molecular complexity index is 585. The van der Waals surface area contributed by atoms with E-state index in [4.69, 9.17) is 0 Å². The van der Waals surface area contributed by atoms with Gasteiger partial charge in [-0.05, 0) is 52.7 Å². The van der Waals surface area contributed by atoms with Crippen LogP contribution in [0.15, 0.2) is 34.1 Å². The highest BCUT2D eigenvalue weighted by Gasteiger charge is 2.10. The van der Waals surface area contributed by atoms with E-state index in [-0.39, 0.29) is 5.82 Å². The van der Waals surface area contributed by atoms with Gasteiger partial charge < -0.3 is 10.2 Å². The summed E-state index contributed by atoms with van der Waals surface area (Å²) in [4.78, 5) is 3.15. The quantitative estimate of drug-likeness (QED) is 0.705. The molecule has 2 aromatic rings. The number of hydrogen-bond acceptors (Lipinski definition) is 3. The van der Waals surface area contributed by atoms with Crippen LogP contribution in [0.4, 0.5) is 10.1 Å². The van der Waals surface area contributed by atoms with Crippen LogP contribution in [0.2, 0.25) is 0 Å². The molecule has 0 saturated heterocycles. The molecule has 0 saturated carbocycles. The normalized spacial score (nSPS) is 10.9. The van der Waals surface area contributed by atoms with E-state index in [9.17, 15) is 4.39 Å². The maximum Gasteiger partial charge on any atom is 0.146 e. The Labute approximate surface area is 138 Å². The van der Waals surface area contributed by atoms with Crippen molar-refractivity contribution >= 4 is 33.0 Å². The lowest BCUT2D eigenvalue weighted by Crippen LogP contribution is -2.18. The first-order chi connectivity index (χ1) is 10.1. The van der Waals surface area contributed by atoms with Gasteiger partial charge in [-0.2, -0.15) is 0 Å². The fraction of sp³-hybridized carbons (Fsp3) is 0.375. The molecule has 0 radical (unpaired) electrons. The van der Waals surface area contributed by atoms with E-state index in [1.54, 1.807) is 17.4 Å². The second-order valence-electron chi connectivity index (χ2n) is 5.05. The van der Waals surface area contributed by atoms with Gasteiger partial charge in [-0.1, -0.05) is 13.0 Å². The average Bonchev–Trinajstić information content (AvgIpc) is 2.84. The summed E-state index contributed by atoms with van der Waals surface area (Å²) in [6, 6.07) is 7.55. The Kier molecular flexibility index (Phi) is 6.21. The van der Waals surface area contributed by atoms with Crippen molar-refractivity contribution in [2.24, 2.45) is 0 Å². The van der Waals surface area contributed by atoms with E-state index < -0.39 is 0 Å². The highest BCUT2D eigenvalue weighted by atomic mass is 79.9. The zero-order valence-electron chi connectivity index (χ0n) is 12.3. The number of nitrogens with zero attached hydrogens (tertiary/aromatic N) is 1. The van der Waals surface area contributed by atoms with Crippen molar-refractivity contribution < 1.29 is 4.39 Å². The minimum Gasteiger partial charge on any atom is -0.367 e. The number of benzene rings is 1. The molecule has 1 heterocycles. The smallest absolute Gasteiger partial charge is 0.146 e. The summed E-state index contributed by atoms with van der Waals surface area (Å²) in [5.41, 5.74) is 1.62. The van der Waals surface area contributed by atoms with Crippen LogP contribution in [0.3, 0.4) is 0 Å². The largest absolute Gasteiger partial charge is 0.367 e. The molecule has 1 aromatic heterocycles. The van der Waals surface area contributed by atoms with Crippen LogP contribution in [0.25, 0.3) is 0 Å². The maximum atomic E-state index is 14.2. The summed E-state index contributed by atoms with van der Waals surface area (Å²) in [5, 5.41) is 5.33. The van der Waals surface area contributed by atoms with Gasteiger partial charge in [0.2, 0.25) is 0 Å². The topological polar surface area (TPSA) is 15.3 Å². The van der Waals surface area contributed by atoms with E-state index in [1.165, 1.54) is 4.88 Å². The first-order valence-corrected chi connectivity index (χ1v) is 8.70. The Balaban J connectivity index is 2.02. The molecule has 0 aliphatic carbocycles. The van der Waals surface area contributed by atoms with Crippen molar-refractivity contribution in [1.29, 1.82) is 0 Å². The van der Waals surface area contributed by atoms with Crippen LogP contribution < -0.4 is 10.2 Å². The van der Waals surface area contributed by atoms with Gasteiger partial charge in [-0.25, -0.2) is 4.39 Å². The fourth-order valence-corrected chi connectivity index (χ4v) is 3.64. The van der Waals surface area contributed by atoms with Crippen molar-refractivity contribution in [2.45, 2.75) is 26.4 Å². The maximum absolute atomic E-state index is 14.2. The molecule has 5 heteroatoms. The number of rotatable bonds is 7. The molecular formula is C16H20BrFN2S. The third-order valence-corrected chi connectivity index (χ3v) is 4.88. The van der Waals surface area contributed by atoms with Crippen molar-refractivity contribution in [1.82, 2.24) is 5.32 Å². The Morgan fingerprint density at radius 1 is 1.33 bits per heavy atom. The summed E-state index contributed by atoms with van der Waals surface area (Å²) in [6.07, 6.45) is 1.08. The summed E-state index contributed by atoms with van der Waals surface area (Å²) in [5.74, 6) is -0.163. The Morgan fingerprint density at radius 3 is 2.76 bits per heavy atom. The summed E-state index contributed by atoms with van der Waals surface area (Å²) >= 11 is 5.12. The molecule has 2 rings (SSSR count). The van der Waals surface area contributed by atoms with Crippen LogP contribution in [-0.4, -0.2) is 13.6 Å². The molecule has 0 fully saturated rings. The minimum atomic E-state index is -0.163. The molecule has 0 bridgehead atoms. The van der Waals surface area contributed by atoms with Crippen LogP contribution in [-0.2, 0) is 13.1 Å². The number of halogens is 2. The number of thiophene rings is 1. The second kappa shape index (κ2) is 7.92. The monoisotopic (exact) mass is 370 g/mol. The van der Waals surface area contributed by atoms with Gasteiger partial charge in [0.05, 0.1) is 12.2 Å². The molecule has 0 aliphatic rings. The van der Waals surface area contributed by atoms with Crippen LogP contribution >= 0.6 is 27.3 Å². The van der Waals surface area contributed by atoms with Crippen molar-refractivity contribution in [3.05, 3.63) is 50.4 Å². The first kappa shape index (κ1) is 16.5. The summed E-state index contributed by atoms with van der Waals surface area (Å²) < 4.78 is 15.3. The molecule has 114 valence electrons. The first-order valence-electron chi connectivity index (χ1n) is 7.03. The van der Waals surface area contributed by atoms with Crippen LogP contribution in [0.5, 0.6) is 0 Å². The molecule has 2 nitrogen and oxygen atoms in total. The predicted octanol–water partition coefficient (Wildman–Crippen LogP) is 4.79. The average molecular weight is 371 g/mol. The second-order valence-corrected chi connectivity index (χ2v) is 6.96. The van der Waals surface area contributed by atoms with Crippen LogP contribution in [0, 0.1) is 5.82 Å². The van der Waals surface area contributed by atoms with Gasteiger partial charge in [0.25, 0.3) is 0 Å². The van der Waals surface area contributed by atoms with Gasteiger partial charge in [-0.15, -0.1) is 11.3 Å². The molecule has 0 spiro atoms. The Hall–Kier alpha value is -0.910. The highest BCUT2D eigenvalue weighted by Crippen LogP contribution is 2.25. The number of nitrogens with one attached hydrogen (secondary N) is 1. The van der Waals surface area contributed by atoms with Crippen molar-refractivity contribution in [3.8, 4) is 0 Å². The highest BCUT2D eigenvalue weighted by molar-refractivity contribution is 9.10. The van der Waals surface area contributed by atoms with Gasteiger partial charge in [-0.3, -0.25) is 0 Å². The van der Waals surface area contributed by atoms with E-state index in [1.807, 2.05) is 29.5 Å². The third kappa shape index (κ3) is 4.80. The number of hydrogen-bond donors (Lipinski definition) is 1. The predicted molar refractivity (Wildman–Crippen MR) is 92.5 cm³/mol. The SMILES string of the molecule is CCCNCc1ccc(N(C)Cc2cc(Br)cs2)c(F)c1. The number of anilines is 1. The van der Waals surface area contributed by atoms with Crippen molar-refractivity contribution in [2.75, 3.05) is 18.5 Å². The van der Waals surface area contributed by atoms with Crippen LogP contribution in [0.1, 0.15) is 23.8 Å². The standard InChI is InChI=1S/C16H20BrFN2S/c1-3-6-19-9-12-4-5-16(15(18)7-12)20(2)10-14-8-13(17)11-21-14/h4-5,7-8,11,19H,3,6,9-10H2,1-2H3. The summed E-state index contributed by atoms with van der Waals surface area (Å²) in [7, 11) is 1.92. The lowest BCUT2D eigenvalue weighted by Gasteiger charge is -2.19. The zero-order chi connectivity index (χ0) is 15.2. The molecule has 0 unspecified atom stereocenters. The van der Waals surface area contributed by atoms with Crippen molar-refractivity contribution in [3.63, 3.8) is 0 Å². The van der Waals surface area contributed by atoms with E-state index >= 15 is 0 Å². The molecule has 0 amide bonds.